The second-order valence-corrected chi connectivity index (χ2v) is 10.3. The van der Waals surface area contributed by atoms with Crippen molar-refractivity contribution in [2.24, 2.45) is 0 Å². The van der Waals surface area contributed by atoms with Gasteiger partial charge in [0.15, 0.2) is 11.6 Å². The summed E-state index contributed by atoms with van der Waals surface area (Å²) in [5.74, 6) is -0.176. The Balaban J connectivity index is 1.42. The number of benzene rings is 2. The van der Waals surface area contributed by atoms with E-state index in [0.29, 0.717) is 17.2 Å². The zero-order chi connectivity index (χ0) is 25.2. The van der Waals surface area contributed by atoms with Gasteiger partial charge in [0.05, 0.1) is 6.20 Å². The van der Waals surface area contributed by atoms with Crippen molar-refractivity contribution in [3.63, 3.8) is 0 Å². The molecule has 0 bridgehead atoms. The van der Waals surface area contributed by atoms with Crippen molar-refractivity contribution in [1.82, 2.24) is 14.9 Å². The van der Waals surface area contributed by atoms with Crippen LogP contribution in [0.15, 0.2) is 60.8 Å². The van der Waals surface area contributed by atoms with Gasteiger partial charge in [-0.05, 0) is 84.0 Å². The number of anilines is 4. The molecule has 1 saturated heterocycles. The summed E-state index contributed by atoms with van der Waals surface area (Å²) >= 11 is 0. The van der Waals surface area contributed by atoms with Crippen LogP contribution >= 0.6 is 0 Å². The van der Waals surface area contributed by atoms with Gasteiger partial charge in [0.25, 0.3) is 5.91 Å². The molecule has 184 valence electrons. The number of carbonyl (C=O) groups is 1. The number of halogens is 1. The number of rotatable bonds is 6. The number of nitrogens with zero attached hydrogens (tertiary/aromatic N) is 3. The molecule has 1 amide bonds. The van der Waals surface area contributed by atoms with Crippen LogP contribution in [0.1, 0.15) is 50.9 Å². The van der Waals surface area contributed by atoms with Crippen LogP contribution in [0.4, 0.5) is 27.5 Å². The lowest BCUT2D eigenvalue weighted by atomic mass is 9.77. The normalized spacial score (nSPS) is 17.5. The number of hydrogen-bond donors (Lipinski definition) is 3. The Hall–Kier alpha value is -3.52. The van der Waals surface area contributed by atoms with E-state index in [4.69, 9.17) is 0 Å². The topological polar surface area (TPSA) is 82.2 Å². The van der Waals surface area contributed by atoms with Gasteiger partial charge in [-0.2, -0.15) is 4.98 Å². The first-order valence-corrected chi connectivity index (χ1v) is 11.8. The molecule has 0 unspecified atom stereocenters. The Morgan fingerprint density at radius 2 is 1.57 bits per heavy atom. The maximum atomic E-state index is 14.6. The van der Waals surface area contributed by atoms with Crippen molar-refractivity contribution in [1.29, 1.82) is 0 Å². The fraction of sp³-hybridized carbons (Fsp3) is 0.370. The van der Waals surface area contributed by atoms with Crippen molar-refractivity contribution in [3.05, 3.63) is 72.2 Å². The molecule has 1 aliphatic rings. The Morgan fingerprint density at radius 1 is 0.971 bits per heavy atom. The van der Waals surface area contributed by atoms with Crippen molar-refractivity contribution >= 4 is 29.0 Å². The number of nitrogens with one attached hydrogen (secondary N) is 3. The highest BCUT2D eigenvalue weighted by Gasteiger charge is 2.43. The van der Waals surface area contributed by atoms with Gasteiger partial charge in [-0.15, -0.1) is 0 Å². The first-order chi connectivity index (χ1) is 16.5. The predicted molar refractivity (Wildman–Crippen MR) is 139 cm³/mol. The summed E-state index contributed by atoms with van der Waals surface area (Å²) in [4.78, 5) is 23.2. The molecule has 0 saturated carbocycles. The summed E-state index contributed by atoms with van der Waals surface area (Å²) in [6.07, 6.45) is 2.92. The molecule has 7 nitrogen and oxygen atoms in total. The highest BCUT2D eigenvalue weighted by Crippen LogP contribution is 2.38. The van der Waals surface area contributed by atoms with E-state index in [9.17, 15) is 9.18 Å². The van der Waals surface area contributed by atoms with Crippen LogP contribution in [0.25, 0.3) is 0 Å². The molecule has 0 spiro atoms. The summed E-state index contributed by atoms with van der Waals surface area (Å²) in [5, 5.41) is 9.29. The van der Waals surface area contributed by atoms with E-state index in [1.54, 1.807) is 24.3 Å². The smallest absolute Gasteiger partial charge is 0.255 e. The molecule has 2 heterocycles. The van der Waals surface area contributed by atoms with E-state index < -0.39 is 5.82 Å². The number of amides is 1. The van der Waals surface area contributed by atoms with E-state index in [-0.39, 0.29) is 28.8 Å². The van der Waals surface area contributed by atoms with Gasteiger partial charge >= 0.3 is 0 Å². The van der Waals surface area contributed by atoms with Gasteiger partial charge in [-0.3, -0.25) is 9.69 Å². The Bertz CT molecular complexity index is 1160. The third-order valence-corrected chi connectivity index (χ3v) is 6.83. The van der Waals surface area contributed by atoms with Crippen molar-refractivity contribution in [3.8, 4) is 0 Å². The quantitative estimate of drug-likeness (QED) is 0.425. The van der Waals surface area contributed by atoms with Gasteiger partial charge in [0.1, 0.15) is 0 Å². The Morgan fingerprint density at radius 3 is 2.20 bits per heavy atom. The molecular formula is C27H33FN6O. The zero-order valence-corrected chi connectivity index (χ0v) is 20.9. The largest absolute Gasteiger partial charge is 0.365 e. The lowest BCUT2D eigenvalue weighted by Crippen LogP contribution is -2.61. The van der Waals surface area contributed by atoms with Crippen LogP contribution in [0.3, 0.4) is 0 Å². The molecule has 1 fully saturated rings. The molecule has 0 aliphatic carbocycles. The van der Waals surface area contributed by atoms with Crippen LogP contribution in [0.5, 0.6) is 0 Å². The molecule has 2 aromatic carbocycles. The van der Waals surface area contributed by atoms with Crippen LogP contribution in [-0.4, -0.2) is 44.9 Å². The summed E-state index contributed by atoms with van der Waals surface area (Å²) in [6, 6.07) is 16.3. The molecular weight excluding hydrogens is 443 g/mol. The van der Waals surface area contributed by atoms with E-state index in [2.05, 4.69) is 65.6 Å². The second kappa shape index (κ2) is 9.62. The number of hydrogen-bond acceptors (Lipinski definition) is 6. The molecule has 0 radical (unpaired) electrons. The Labute approximate surface area is 206 Å². The standard InChI is InChI=1S/C27H33FN6O/c1-26(2)15-21(16-27(3,4)34(26)5)30-23-22(28)17-29-25(33-23)32-20-13-11-19(12-14-20)31-24(35)18-9-7-6-8-10-18/h6-14,17,21H,15-16H2,1-5H3,(H,31,35)(H2,29,30,32,33). The monoisotopic (exact) mass is 476 g/mol. The minimum Gasteiger partial charge on any atom is -0.365 e. The van der Waals surface area contributed by atoms with Crippen LogP contribution in [-0.2, 0) is 0 Å². The van der Waals surface area contributed by atoms with Crippen molar-refractivity contribution < 1.29 is 9.18 Å². The molecule has 8 heteroatoms. The summed E-state index contributed by atoms with van der Waals surface area (Å²) in [7, 11) is 2.14. The highest BCUT2D eigenvalue weighted by molar-refractivity contribution is 6.04. The summed E-state index contributed by atoms with van der Waals surface area (Å²) < 4.78 is 14.6. The van der Waals surface area contributed by atoms with Crippen LogP contribution < -0.4 is 16.0 Å². The van der Waals surface area contributed by atoms with Crippen molar-refractivity contribution in [2.45, 2.75) is 57.7 Å². The molecule has 1 aliphatic heterocycles. The molecule has 3 N–H and O–H groups in total. The Kier molecular flexibility index (Phi) is 6.76. The third kappa shape index (κ3) is 5.77. The van der Waals surface area contributed by atoms with E-state index >= 15 is 0 Å². The average molecular weight is 477 g/mol. The first-order valence-electron chi connectivity index (χ1n) is 11.8. The highest BCUT2D eigenvalue weighted by atomic mass is 19.1. The van der Waals surface area contributed by atoms with E-state index in [1.165, 1.54) is 6.20 Å². The van der Waals surface area contributed by atoms with Crippen molar-refractivity contribution in [2.75, 3.05) is 23.0 Å². The first kappa shape index (κ1) is 24.6. The van der Waals surface area contributed by atoms with Gasteiger partial charge in [0.2, 0.25) is 5.95 Å². The SMILES string of the molecule is CN1C(C)(C)CC(Nc2nc(Nc3ccc(NC(=O)c4ccccc4)cc3)ncc2F)CC1(C)C. The second-order valence-electron chi connectivity index (χ2n) is 10.3. The molecule has 35 heavy (non-hydrogen) atoms. The number of piperidine rings is 1. The summed E-state index contributed by atoms with van der Waals surface area (Å²) in [6.45, 7) is 8.82. The molecule has 1 aromatic heterocycles. The lowest BCUT2D eigenvalue weighted by molar-refractivity contribution is -0.00778. The van der Waals surface area contributed by atoms with Gasteiger partial charge < -0.3 is 16.0 Å². The van der Waals surface area contributed by atoms with Gasteiger partial charge in [-0.25, -0.2) is 9.37 Å². The molecule has 0 atom stereocenters. The summed E-state index contributed by atoms with van der Waals surface area (Å²) in [5.41, 5.74) is 1.93. The fourth-order valence-electron chi connectivity index (χ4n) is 4.75. The van der Waals surface area contributed by atoms with E-state index in [0.717, 1.165) is 18.5 Å². The zero-order valence-electron chi connectivity index (χ0n) is 20.9. The van der Waals surface area contributed by atoms with Gasteiger partial charge in [-0.1, -0.05) is 18.2 Å². The third-order valence-electron chi connectivity index (χ3n) is 6.83. The maximum Gasteiger partial charge on any atom is 0.255 e. The molecule has 4 rings (SSSR count). The van der Waals surface area contributed by atoms with Crippen LogP contribution in [0, 0.1) is 5.82 Å². The van der Waals surface area contributed by atoms with Crippen LogP contribution in [0.2, 0.25) is 0 Å². The predicted octanol–water partition coefficient (Wildman–Crippen LogP) is 5.67. The number of aromatic nitrogens is 2. The average Bonchev–Trinajstić information content (AvgIpc) is 2.81. The van der Waals surface area contributed by atoms with E-state index in [1.807, 2.05) is 30.3 Å². The molecule has 3 aromatic rings. The maximum absolute atomic E-state index is 14.6. The fourth-order valence-corrected chi connectivity index (χ4v) is 4.75. The van der Waals surface area contributed by atoms with Gasteiger partial charge in [0, 0.05) is 34.1 Å². The number of likely N-dealkylation sites (tertiary alicyclic amines) is 1. The number of carbonyl (C=O) groups excluding carboxylic acids is 1. The minimum absolute atomic E-state index is 0.0261. The lowest BCUT2D eigenvalue weighted by Gasteiger charge is -2.53. The minimum atomic E-state index is -0.482.